The maximum atomic E-state index is 14.0. The van der Waals surface area contributed by atoms with Gasteiger partial charge < -0.3 is 0 Å². The van der Waals surface area contributed by atoms with Gasteiger partial charge in [-0.25, -0.2) is 4.98 Å². The van der Waals surface area contributed by atoms with Crippen molar-refractivity contribution in [2.75, 3.05) is 5.75 Å². The third kappa shape index (κ3) is 3.62. The van der Waals surface area contributed by atoms with Crippen LogP contribution in [0.5, 0.6) is 0 Å². The van der Waals surface area contributed by atoms with Gasteiger partial charge >= 0.3 is 0 Å². The van der Waals surface area contributed by atoms with Crippen LogP contribution in [0.3, 0.4) is 0 Å². The molecule has 31 heavy (non-hydrogen) atoms. The van der Waals surface area contributed by atoms with E-state index in [4.69, 9.17) is 11.4 Å². The monoisotopic (exact) mass is 426 g/mol. The summed E-state index contributed by atoms with van der Waals surface area (Å²) >= 11 is 1.49. The molecule has 0 bridgehead atoms. The molecule has 1 spiro atoms. The van der Waals surface area contributed by atoms with Crippen LogP contribution in [-0.2, 0) is 24.8 Å². The average Bonchev–Trinajstić information content (AvgIpc) is 3.26. The van der Waals surface area contributed by atoms with E-state index in [1.165, 1.54) is 35.7 Å². The number of benzene rings is 2. The molecule has 156 valence electrons. The number of hydrogen-bond acceptors (Lipinski definition) is 3. The minimum absolute atomic E-state index is 0.0718. The van der Waals surface area contributed by atoms with Gasteiger partial charge in [0.2, 0.25) is 0 Å². The van der Waals surface area contributed by atoms with E-state index in [1.54, 1.807) is 0 Å². The first-order chi connectivity index (χ1) is 15.2. The lowest BCUT2D eigenvalue weighted by Crippen LogP contribution is -2.40. The summed E-state index contributed by atoms with van der Waals surface area (Å²) in [4.78, 5) is 19.2. The van der Waals surface area contributed by atoms with Gasteiger partial charge in [0.05, 0.1) is 17.0 Å². The Hall–Kier alpha value is -2.77. The Bertz CT molecular complexity index is 1200. The summed E-state index contributed by atoms with van der Waals surface area (Å²) in [6.07, 6.45) is 11.8. The van der Waals surface area contributed by atoms with Gasteiger partial charge in [0, 0.05) is 17.5 Å². The topological polar surface area (TPSA) is 34.9 Å². The van der Waals surface area contributed by atoms with Gasteiger partial charge in [-0.15, -0.1) is 6.42 Å². The first-order valence-corrected chi connectivity index (χ1v) is 12.0. The predicted molar refractivity (Wildman–Crippen MR) is 127 cm³/mol. The van der Waals surface area contributed by atoms with E-state index in [0.29, 0.717) is 12.3 Å². The molecule has 0 unspecified atom stereocenters. The van der Waals surface area contributed by atoms with E-state index in [1.807, 2.05) is 28.8 Å². The highest BCUT2D eigenvalue weighted by Gasteiger charge is 2.44. The van der Waals surface area contributed by atoms with E-state index in [9.17, 15) is 4.79 Å². The molecule has 1 fully saturated rings. The number of thioether (sulfide) groups is 1. The minimum Gasteiger partial charge on any atom is -0.287 e. The number of nitrogens with zero attached hydrogens (tertiary/aromatic N) is 2. The minimum atomic E-state index is -0.0718. The highest BCUT2D eigenvalue weighted by Crippen LogP contribution is 2.49. The number of hydrogen-bond donors (Lipinski definition) is 0. The molecule has 1 aromatic heterocycles. The quantitative estimate of drug-likeness (QED) is 0.318. The average molecular weight is 427 g/mol. The Balaban J connectivity index is 1.67. The van der Waals surface area contributed by atoms with E-state index >= 15 is 0 Å². The molecule has 0 amide bonds. The van der Waals surface area contributed by atoms with Crippen molar-refractivity contribution in [3.8, 4) is 23.6 Å². The van der Waals surface area contributed by atoms with Crippen LogP contribution in [0.2, 0.25) is 0 Å². The molecule has 0 saturated heterocycles. The van der Waals surface area contributed by atoms with Crippen molar-refractivity contribution in [1.82, 2.24) is 9.55 Å². The van der Waals surface area contributed by atoms with Crippen molar-refractivity contribution < 1.29 is 0 Å². The number of fused-ring (bicyclic) bond motifs is 4. The normalized spacial score (nSPS) is 16.0. The van der Waals surface area contributed by atoms with Gasteiger partial charge in [0.15, 0.2) is 5.16 Å². The van der Waals surface area contributed by atoms with Crippen molar-refractivity contribution in [2.24, 2.45) is 0 Å². The van der Waals surface area contributed by atoms with Crippen molar-refractivity contribution in [2.45, 2.75) is 55.6 Å². The molecular weight excluding hydrogens is 400 g/mol. The fourth-order valence-corrected chi connectivity index (χ4v) is 6.04. The van der Waals surface area contributed by atoms with E-state index in [2.05, 4.69) is 36.3 Å². The second-order valence-electron chi connectivity index (χ2n) is 8.62. The smallest absolute Gasteiger partial charge is 0.258 e. The first-order valence-electron chi connectivity index (χ1n) is 11.1. The molecule has 4 heteroatoms. The fraction of sp³-hybridized carbons (Fsp3) is 0.333. The summed E-state index contributed by atoms with van der Waals surface area (Å²) < 4.78 is 1.89. The first kappa shape index (κ1) is 20.2. The molecule has 1 heterocycles. The molecule has 2 aromatic carbocycles. The fourth-order valence-electron chi connectivity index (χ4n) is 5.34. The van der Waals surface area contributed by atoms with Gasteiger partial charge in [-0.05, 0) is 36.8 Å². The van der Waals surface area contributed by atoms with Gasteiger partial charge in [-0.3, -0.25) is 9.36 Å². The van der Waals surface area contributed by atoms with Crippen LogP contribution in [0.25, 0.3) is 11.3 Å². The van der Waals surface area contributed by atoms with Crippen LogP contribution in [0.1, 0.15) is 42.4 Å². The highest BCUT2D eigenvalue weighted by atomic mass is 32.2. The van der Waals surface area contributed by atoms with Crippen LogP contribution in [-0.4, -0.2) is 15.3 Å². The van der Waals surface area contributed by atoms with Gasteiger partial charge in [-0.1, -0.05) is 85.1 Å². The van der Waals surface area contributed by atoms with Crippen LogP contribution in [0.4, 0.5) is 0 Å². The molecule has 2 aliphatic carbocycles. The van der Waals surface area contributed by atoms with Crippen molar-refractivity contribution in [3.05, 3.63) is 81.6 Å². The summed E-state index contributed by atoms with van der Waals surface area (Å²) in [6.45, 7) is 0.619. The third-order valence-electron chi connectivity index (χ3n) is 6.78. The van der Waals surface area contributed by atoms with Crippen LogP contribution < -0.4 is 5.56 Å². The van der Waals surface area contributed by atoms with E-state index in [-0.39, 0.29) is 11.0 Å². The standard InChI is InChI=1S/C27H26N2OS/c1-2-18-31-26-28-24-22-13-7-6-12-21(22)19-27(15-8-9-16-27)23(24)25(30)29(26)17-14-20-10-4-3-5-11-20/h1,3-7,10-13H,8-9,14-19H2. The number of aryl methyl sites for hydroxylation is 1. The summed E-state index contributed by atoms with van der Waals surface area (Å²) in [5.74, 6) is 3.20. The lowest BCUT2D eigenvalue weighted by molar-refractivity contribution is 0.415. The van der Waals surface area contributed by atoms with Gasteiger partial charge in [0.1, 0.15) is 0 Å². The maximum Gasteiger partial charge on any atom is 0.258 e. The molecule has 3 nitrogen and oxygen atoms in total. The zero-order valence-electron chi connectivity index (χ0n) is 17.6. The number of rotatable bonds is 5. The number of terminal acetylenes is 1. The number of aromatic nitrogens is 2. The Morgan fingerprint density at radius 3 is 2.58 bits per heavy atom. The summed E-state index contributed by atoms with van der Waals surface area (Å²) in [5, 5.41) is 0.738. The Morgan fingerprint density at radius 1 is 1.06 bits per heavy atom. The molecule has 5 rings (SSSR count). The van der Waals surface area contributed by atoms with Crippen molar-refractivity contribution in [3.63, 3.8) is 0 Å². The third-order valence-corrected chi connectivity index (χ3v) is 7.66. The largest absolute Gasteiger partial charge is 0.287 e. The summed E-state index contributed by atoms with van der Waals surface area (Å²) in [7, 11) is 0. The lowest BCUT2D eigenvalue weighted by Gasteiger charge is -2.36. The highest BCUT2D eigenvalue weighted by molar-refractivity contribution is 7.99. The van der Waals surface area contributed by atoms with Crippen LogP contribution in [0.15, 0.2) is 64.5 Å². The molecule has 3 aromatic rings. The zero-order chi connectivity index (χ0) is 21.3. The Kier molecular flexibility index (Phi) is 5.46. The van der Waals surface area contributed by atoms with E-state index < -0.39 is 0 Å². The molecule has 1 saturated carbocycles. The summed E-state index contributed by atoms with van der Waals surface area (Å²) in [5.41, 5.74) is 5.56. The second kappa shape index (κ2) is 8.40. The molecule has 0 aliphatic heterocycles. The van der Waals surface area contributed by atoms with Crippen molar-refractivity contribution in [1.29, 1.82) is 0 Å². The molecule has 0 radical (unpaired) electrons. The van der Waals surface area contributed by atoms with Crippen LogP contribution >= 0.6 is 11.8 Å². The van der Waals surface area contributed by atoms with Gasteiger partial charge in [-0.2, -0.15) is 0 Å². The Labute approximate surface area is 187 Å². The SMILES string of the molecule is C#CCSc1nc2c(c(=O)n1CCc1ccccc1)C1(CCCC1)Cc1ccccc1-2. The van der Waals surface area contributed by atoms with E-state index in [0.717, 1.165) is 47.7 Å². The second-order valence-corrected chi connectivity index (χ2v) is 9.57. The van der Waals surface area contributed by atoms with Crippen molar-refractivity contribution >= 4 is 11.8 Å². The lowest BCUT2D eigenvalue weighted by atomic mass is 9.68. The molecule has 2 aliphatic rings. The predicted octanol–water partition coefficient (Wildman–Crippen LogP) is 5.25. The van der Waals surface area contributed by atoms with Crippen LogP contribution in [0, 0.1) is 12.3 Å². The van der Waals surface area contributed by atoms with Gasteiger partial charge in [0.25, 0.3) is 5.56 Å². The molecule has 0 N–H and O–H groups in total. The molecular formula is C27H26N2OS. The summed E-state index contributed by atoms with van der Waals surface area (Å²) in [6, 6.07) is 18.8. The zero-order valence-corrected chi connectivity index (χ0v) is 18.5. The maximum absolute atomic E-state index is 14.0. The molecule has 0 atom stereocenters. The Morgan fingerprint density at radius 2 is 1.81 bits per heavy atom.